The molecule has 0 saturated heterocycles. The van der Waals surface area contributed by atoms with Gasteiger partial charge in [0.2, 0.25) is 0 Å². The lowest BCUT2D eigenvalue weighted by molar-refractivity contribution is -0.137. The fourth-order valence-electron chi connectivity index (χ4n) is 2.43. The molecule has 0 aromatic carbocycles. The van der Waals surface area contributed by atoms with Gasteiger partial charge in [-0.15, -0.1) is 0 Å². The quantitative estimate of drug-likeness (QED) is 0.822. The minimum Gasteiger partial charge on any atom is -0.338 e. The number of amides is 2. The summed E-state index contributed by atoms with van der Waals surface area (Å²) in [4.78, 5) is 13.4. The number of halogens is 3. The maximum Gasteiger partial charge on any atom is 0.390 e. The number of hydrogen-bond acceptors (Lipinski definition) is 1. The molecule has 19 heavy (non-hydrogen) atoms. The van der Waals surface area contributed by atoms with Crippen molar-refractivity contribution < 1.29 is 18.0 Å². The van der Waals surface area contributed by atoms with Gasteiger partial charge in [0.15, 0.2) is 0 Å². The Balaban J connectivity index is 1.79. The smallest absolute Gasteiger partial charge is 0.338 e. The van der Waals surface area contributed by atoms with Crippen molar-refractivity contribution in [2.45, 2.75) is 57.2 Å². The summed E-state index contributed by atoms with van der Waals surface area (Å²) < 4.78 is 36.9. The molecule has 2 fully saturated rings. The highest BCUT2D eigenvalue weighted by Crippen LogP contribution is 2.28. The molecular weight excluding hydrogens is 257 g/mol. The second kappa shape index (κ2) is 6.01. The van der Waals surface area contributed by atoms with Crippen LogP contribution < -0.4 is 5.32 Å². The van der Waals surface area contributed by atoms with Crippen molar-refractivity contribution in [1.82, 2.24) is 10.2 Å². The van der Waals surface area contributed by atoms with E-state index in [0.717, 1.165) is 32.1 Å². The molecule has 0 radical (unpaired) electrons. The van der Waals surface area contributed by atoms with Gasteiger partial charge >= 0.3 is 12.2 Å². The highest BCUT2D eigenvalue weighted by Gasteiger charge is 2.34. The molecule has 0 aromatic rings. The summed E-state index contributed by atoms with van der Waals surface area (Å²) in [5.74, 6) is 0.523. The molecule has 1 N–H and O–H groups in total. The molecule has 2 aliphatic rings. The van der Waals surface area contributed by atoms with Gasteiger partial charge in [-0.25, -0.2) is 4.79 Å². The first-order chi connectivity index (χ1) is 8.96. The van der Waals surface area contributed by atoms with Crippen molar-refractivity contribution in [3.63, 3.8) is 0 Å². The third kappa shape index (κ3) is 4.28. The average Bonchev–Trinajstić information content (AvgIpc) is 2.17. The van der Waals surface area contributed by atoms with Crippen LogP contribution in [0.2, 0.25) is 0 Å². The summed E-state index contributed by atoms with van der Waals surface area (Å²) in [6.45, 7) is 0.388. The maximum atomic E-state index is 12.3. The molecule has 0 aliphatic heterocycles. The Kier molecular flexibility index (Phi) is 4.58. The van der Waals surface area contributed by atoms with Crippen molar-refractivity contribution in [3.8, 4) is 0 Å². The van der Waals surface area contributed by atoms with Crippen molar-refractivity contribution in [2.75, 3.05) is 13.1 Å². The van der Waals surface area contributed by atoms with E-state index < -0.39 is 12.6 Å². The Hall–Kier alpha value is -0.940. The van der Waals surface area contributed by atoms with Gasteiger partial charge in [0.05, 0.1) is 6.42 Å². The zero-order valence-electron chi connectivity index (χ0n) is 11.0. The number of urea groups is 1. The zero-order valence-corrected chi connectivity index (χ0v) is 11.0. The van der Waals surface area contributed by atoms with Crippen LogP contribution in [-0.4, -0.2) is 36.2 Å². The van der Waals surface area contributed by atoms with Gasteiger partial charge in [-0.05, 0) is 38.0 Å². The van der Waals surface area contributed by atoms with E-state index in [1.165, 1.54) is 11.3 Å². The van der Waals surface area contributed by atoms with E-state index in [-0.39, 0.29) is 18.6 Å². The van der Waals surface area contributed by atoms with E-state index in [0.29, 0.717) is 12.5 Å². The molecule has 0 heterocycles. The Morgan fingerprint density at radius 2 is 1.79 bits per heavy atom. The fourth-order valence-corrected chi connectivity index (χ4v) is 2.43. The number of carbonyl (C=O) groups excluding carboxylic acids is 1. The molecule has 2 rings (SSSR count). The van der Waals surface area contributed by atoms with E-state index in [2.05, 4.69) is 5.32 Å². The number of carbonyl (C=O) groups is 1. The van der Waals surface area contributed by atoms with Crippen LogP contribution in [-0.2, 0) is 0 Å². The zero-order chi connectivity index (χ0) is 13.9. The lowest BCUT2D eigenvalue weighted by atomic mass is 9.85. The van der Waals surface area contributed by atoms with E-state index in [4.69, 9.17) is 0 Å². The number of rotatable bonds is 5. The first kappa shape index (κ1) is 14.5. The van der Waals surface area contributed by atoms with Crippen LogP contribution in [0.3, 0.4) is 0 Å². The molecule has 2 saturated carbocycles. The van der Waals surface area contributed by atoms with Crippen LogP contribution in [0.15, 0.2) is 0 Å². The standard InChI is InChI=1S/C13H21F3N2O/c14-13(15,16)7-8-18(11-5-2-6-11)12(19)17-9-10-3-1-4-10/h10-11H,1-9H2,(H,17,19). The Morgan fingerprint density at radius 1 is 1.16 bits per heavy atom. The number of nitrogens with zero attached hydrogens (tertiary/aromatic N) is 1. The Labute approximate surface area is 111 Å². The van der Waals surface area contributed by atoms with Gasteiger partial charge in [0.1, 0.15) is 0 Å². The Bertz CT molecular complexity index is 312. The molecule has 0 spiro atoms. The topological polar surface area (TPSA) is 32.3 Å². The first-order valence-electron chi connectivity index (χ1n) is 7.07. The van der Waals surface area contributed by atoms with Crippen molar-refractivity contribution in [3.05, 3.63) is 0 Å². The third-order valence-corrected chi connectivity index (χ3v) is 4.18. The maximum absolute atomic E-state index is 12.3. The minimum atomic E-state index is -4.20. The molecular formula is C13H21F3N2O. The summed E-state index contributed by atoms with van der Waals surface area (Å²) in [5, 5.41) is 2.79. The minimum absolute atomic E-state index is 0.00346. The van der Waals surface area contributed by atoms with Gasteiger partial charge in [0.25, 0.3) is 0 Å². The second-order valence-electron chi connectivity index (χ2n) is 5.63. The molecule has 0 bridgehead atoms. The van der Waals surface area contributed by atoms with Gasteiger partial charge in [0, 0.05) is 19.1 Å². The third-order valence-electron chi connectivity index (χ3n) is 4.18. The van der Waals surface area contributed by atoms with Crippen LogP contribution >= 0.6 is 0 Å². The van der Waals surface area contributed by atoms with E-state index in [1.807, 2.05) is 0 Å². The largest absolute Gasteiger partial charge is 0.390 e. The van der Waals surface area contributed by atoms with Crippen LogP contribution in [0.5, 0.6) is 0 Å². The SMILES string of the molecule is O=C(NCC1CCC1)N(CCC(F)(F)F)C1CCC1. The summed E-state index contributed by atoms with van der Waals surface area (Å²) in [7, 11) is 0. The summed E-state index contributed by atoms with van der Waals surface area (Å²) in [6.07, 6.45) is 0.975. The highest BCUT2D eigenvalue weighted by atomic mass is 19.4. The normalized spacial score (nSPS) is 20.6. The predicted molar refractivity (Wildman–Crippen MR) is 65.8 cm³/mol. The van der Waals surface area contributed by atoms with Gasteiger partial charge in [-0.1, -0.05) is 6.42 Å². The lowest BCUT2D eigenvalue weighted by Crippen LogP contribution is -2.51. The first-order valence-corrected chi connectivity index (χ1v) is 7.07. The van der Waals surface area contributed by atoms with Gasteiger partial charge < -0.3 is 10.2 Å². The molecule has 3 nitrogen and oxygen atoms in total. The summed E-state index contributed by atoms with van der Waals surface area (Å²) in [6, 6.07) is -0.315. The van der Waals surface area contributed by atoms with Crippen molar-refractivity contribution in [1.29, 1.82) is 0 Å². The van der Waals surface area contributed by atoms with Crippen LogP contribution in [0.25, 0.3) is 0 Å². The van der Waals surface area contributed by atoms with E-state index >= 15 is 0 Å². The number of alkyl halides is 3. The van der Waals surface area contributed by atoms with Gasteiger partial charge in [-0.2, -0.15) is 13.2 Å². The molecule has 2 amide bonds. The van der Waals surface area contributed by atoms with Crippen LogP contribution in [0, 0.1) is 5.92 Å². The van der Waals surface area contributed by atoms with Gasteiger partial charge in [-0.3, -0.25) is 0 Å². The second-order valence-corrected chi connectivity index (χ2v) is 5.63. The molecule has 0 atom stereocenters. The Morgan fingerprint density at radius 3 is 2.21 bits per heavy atom. The number of hydrogen-bond donors (Lipinski definition) is 1. The van der Waals surface area contributed by atoms with E-state index in [9.17, 15) is 18.0 Å². The molecule has 0 unspecified atom stereocenters. The summed E-state index contributed by atoms with van der Waals surface area (Å²) in [5.41, 5.74) is 0. The number of nitrogens with one attached hydrogen (secondary N) is 1. The molecule has 6 heteroatoms. The highest BCUT2D eigenvalue weighted by molar-refractivity contribution is 5.74. The molecule has 2 aliphatic carbocycles. The monoisotopic (exact) mass is 278 g/mol. The molecule has 110 valence electrons. The summed E-state index contributed by atoms with van der Waals surface area (Å²) >= 11 is 0. The lowest BCUT2D eigenvalue weighted by Gasteiger charge is -2.38. The molecule has 0 aromatic heterocycles. The van der Waals surface area contributed by atoms with E-state index in [1.54, 1.807) is 0 Å². The average molecular weight is 278 g/mol. The fraction of sp³-hybridized carbons (Fsp3) is 0.923. The van der Waals surface area contributed by atoms with Crippen molar-refractivity contribution in [2.24, 2.45) is 5.92 Å². The predicted octanol–water partition coefficient (Wildman–Crippen LogP) is 3.30. The van der Waals surface area contributed by atoms with Crippen LogP contribution in [0.1, 0.15) is 44.9 Å². The van der Waals surface area contributed by atoms with Crippen LogP contribution in [0.4, 0.5) is 18.0 Å². The van der Waals surface area contributed by atoms with Crippen molar-refractivity contribution >= 4 is 6.03 Å².